The summed E-state index contributed by atoms with van der Waals surface area (Å²) in [6.07, 6.45) is 0. The smallest absolute Gasteiger partial charge is 0.258 e. The van der Waals surface area contributed by atoms with Crippen molar-refractivity contribution in [2.45, 2.75) is 0 Å². The Morgan fingerprint density at radius 1 is 1.30 bits per heavy atom. The van der Waals surface area contributed by atoms with Gasteiger partial charge in [-0.1, -0.05) is 11.6 Å². The van der Waals surface area contributed by atoms with Crippen LogP contribution >= 0.6 is 11.6 Å². The van der Waals surface area contributed by atoms with Gasteiger partial charge in [0.1, 0.15) is 11.9 Å². The zero-order valence-corrected chi connectivity index (χ0v) is 10.9. The summed E-state index contributed by atoms with van der Waals surface area (Å²) in [6, 6.07) is 10.0. The summed E-state index contributed by atoms with van der Waals surface area (Å²) in [5.41, 5.74) is 6.20. The van der Waals surface area contributed by atoms with E-state index in [4.69, 9.17) is 22.6 Å². The van der Waals surface area contributed by atoms with Crippen molar-refractivity contribution in [1.82, 2.24) is 0 Å². The van der Waals surface area contributed by atoms with Gasteiger partial charge in [-0.15, -0.1) is 0 Å². The lowest BCUT2D eigenvalue weighted by Crippen LogP contribution is -2.14. The van der Waals surface area contributed by atoms with Gasteiger partial charge in [0, 0.05) is 10.7 Å². The molecule has 0 heterocycles. The molecule has 0 aliphatic carbocycles. The van der Waals surface area contributed by atoms with Crippen LogP contribution in [0.4, 0.5) is 15.8 Å². The second kappa shape index (κ2) is 5.59. The number of amides is 1. The predicted octanol–water partition coefficient (Wildman–Crippen LogP) is 3.19. The summed E-state index contributed by atoms with van der Waals surface area (Å²) in [5, 5.41) is 11.7. The van der Waals surface area contributed by atoms with Crippen LogP contribution in [0.5, 0.6) is 0 Å². The molecule has 4 nitrogen and oxygen atoms in total. The maximum Gasteiger partial charge on any atom is 0.258 e. The summed E-state index contributed by atoms with van der Waals surface area (Å²) in [5.74, 6) is -1.38. The quantitative estimate of drug-likeness (QED) is 0.833. The lowest BCUT2D eigenvalue weighted by Gasteiger charge is -2.08. The van der Waals surface area contributed by atoms with Crippen LogP contribution in [0.3, 0.4) is 0 Å². The number of carbonyl (C=O) groups is 1. The second-order valence-electron chi connectivity index (χ2n) is 4.00. The van der Waals surface area contributed by atoms with Gasteiger partial charge in [-0.3, -0.25) is 4.79 Å². The van der Waals surface area contributed by atoms with Crippen molar-refractivity contribution in [3.63, 3.8) is 0 Å². The zero-order valence-electron chi connectivity index (χ0n) is 10.2. The Hall–Kier alpha value is -2.58. The van der Waals surface area contributed by atoms with Crippen molar-refractivity contribution in [2.75, 3.05) is 11.1 Å². The monoisotopic (exact) mass is 289 g/mol. The largest absolute Gasteiger partial charge is 0.399 e. The second-order valence-corrected chi connectivity index (χ2v) is 4.43. The van der Waals surface area contributed by atoms with E-state index in [0.29, 0.717) is 5.69 Å². The molecule has 0 unspecified atom stereocenters. The number of carbonyl (C=O) groups excluding carboxylic acids is 1. The van der Waals surface area contributed by atoms with Crippen LogP contribution < -0.4 is 11.1 Å². The van der Waals surface area contributed by atoms with Crippen molar-refractivity contribution in [2.24, 2.45) is 0 Å². The molecule has 100 valence electrons. The van der Waals surface area contributed by atoms with Crippen molar-refractivity contribution in [1.29, 1.82) is 5.26 Å². The first kappa shape index (κ1) is 13.8. The molecular formula is C14H9ClFN3O. The lowest BCUT2D eigenvalue weighted by atomic mass is 10.1. The standard InChI is InChI=1S/C14H9ClFN3O/c15-9-1-3-12(16)11(6-9)14(20)19-13-4-2-10(18)5-8(13)7-17/h1-6H,18H2,(H,19,20). The molecule has 0 fully saturated rings. The van der Waals surface area contributed by atoms with Gasteiger partial charge in [-0.05, 0) is 36.4 Å². The Labute approximate surface area is 119 Å². The molecule has 0 spiro atoms. The highest BCUT2D eigenvalue weighted by Gasteiger charge is 2.14. The number of halogens is 2. The van der Waals surface area contributed by atoms with Crippen LogP contribution in [0.1, 0.15) is 15.9 Å². The number of nitriles is 1. The van der Waals surface area contributed by atoms with E-state index >= 15 is 0 Å². The van der Waals surface area contributed by atoms with E-state index in [1.54, 1.807) is 0 Å². The Bertz CT molecular complexity index is 725. The van der Waals surface area contributed by atoms with Gasteiger partial charge in [0.2, 0.25) is 0 Å². The van der Waals surface area contributed by atoms with Crippen LogP contribution in [0.25, 0.3) is 0 Å². The maximum atomic E-state index is 13.6. The number of anilines is 2. The van der Waals surface area contributed by atoms with Gasteiger partial charge in [-0.25, -0.2) is 4.39 Å². The minimum Gasteiger partial charge on any atom is -0.399 e. The molecular weight excluding hydrogens is 281 g/mol. The summed E-state index contributed by atoms with van der Waals surface area (Å²) in [4.78, 5) is 12.0. The third-order valence-corrected chi connectivity index (χ3v) is 2.82. The van der Waals surface area contributed by atoms with Crippen LogP contribution in [0.15, 0.2) is 36.4 Å². The van der Waals surface area contributed by atoms with Gasteiger partial charge in [0.15, 0.2) is 0 Å². The third kappa shape index (κ3) is 2.87. The van der Waals surface area contributed by atoms with Crippen LogP contribution in [-0.2, 0) is 0 Å². The topological polar surface area (TPSA) is 78.9 Å². The van der Waals surface area contributed by atoms with Gasteiger partial charge < -0.3 is 11.1 Å². The maximum absolute atomic E-state index is 13.6. The molecule has 2 aromatic rings. The molecule has 0 aliphatic heterocycles. The van der Waals surface area contributed by atoms with Crippen molar-refractivity contribution in [3.05, 3.63) is 58.4 Å². The van der Waals surface area contributed by atoms with Gasteiger partial charge in [0.25, 0.3) is 5.91 Å². The number of hydrogen-bond acceptors (Lipinski definition) is 3. The summed E-state index contributed by atoms with van der Waals surface area (Å²) in [6.45, 7) is 0. The molecule has 3 N–H and O–H groups in total. The molecule has 6 heteroatoms. The fraction of sp³-hybridized carbons (Fsp3) is 0. The van der Waals surface area contributed by atoms with E-state index in [9.17, 15) is 9.18 Å². The number of nitrogen functional groups attached to an aromatic ring is 1. The summed E-state index contributed by atoms with van der Waals surface area (Å²) in [7, 11) is 0. The van der Waals surface area contributed by atoms with E-state index in [-0.39, 0.29) is 21.8 Å². The summed E-state index contributed by atoms with van der Waals surface area (Å²) >= 11 is 5.73. The highest BCUT2D eigenvalue weighted by molar-refractivity contribution is 6.31. The first-order valence-corrected chi connectivity index (χ1v) is 5.95. The Balaban J connectivity index is 2.33. The molecule has 0 bridgehead atoms. The molecule has 0 saturated heterocycles. The number of benzene rings is 2. The number of hydrogen-bond donors (Lipinski definition) is 2. The van der Waals surface area contributed by atoms with E-state index < -0.39 is 11.7 Å². The SMILES string of the molecule is N#Cc1cc(N)ccc1NC(=O)c1cc(Cl)ccc1F. The molecule has 2 aromatic carbocycles. The lowest BCUT2D eigenvalue weighted by molar-refractivity contribution is 0.102. The zero-order chi connectivity index (χ0) is 14.7. The Kier molecular flexibility index (Phi) is 3.87. The van der Waals surface area contributed by atoms with Crippen molar-refractivity contribution < 1.29 is 9.18 Å². The van der Waals surface area contributed by atoms with E-state index in [1.807, 2.05) is 6.07 Å². The minimum absolute atomic E-state index is 0.195. The Morgan fingerprint density at radius 2 is 2.05 bits per heavy atom. The molecule has 2 rings (SSSR count). The van der Waals surface area contributed by atoms with Gasteiger partial charge >= 0.3 is 0 Å². The van der Waals surface area contributed by atoms with Crippen LogP contribution in [0, 0.1) is 17.1 Å². The van der Waals surface area contributed by atoms with E-state index in [2.05, 4.69) is 5.32 Å². The van der Waals surface area contributed by atoms with Gasteiger partial charge in [0.05, 0.1) is 16.8 Å². The van der Waals surface area contributed by atoms with E-state index in [1.165, 1.54) is 30.3 Å². The average Bonchev–Trinajstić information content (AvgIpc) is 2.43. The molecule has 0 radical (unpaired) electrons. The van der Waals surface area contributed by atoms with Gasteiger partial charge in [-0.2, -0.15) is 5.26 Å². The fourth-order valence-electron chi connectivity index (χ4n) is 1.62. The number of nitrogens with zero attached hydrogens (tertiary/aromatic N) is 1. The molecule has 0 atom stereocenters. The predicted molar refractivity (Wildman–Crippen MR) is 74.9 cm³/mol. The minimum atomic E-state index is -0.694. The molecule has 0 aliphatic rings. The van der Waals surface area contributed by atoms with E-state index in [0.717, 1.165) is 6.07 Å². The highest BCUT2D eigenvalue weighted by Crippen LogP contribution is 2.20. The first-order valence-electron chi connectivity index (χ1n) is 5.57. The number of nitrogens with two attached hydrogens (primary N) is 1. The van der Waals surface area contributed by atoms with Crippen LogP contribution in [0.2, 0.25) is 5.02 Å². The molecule has 0 aromatic heterocycles. The first-order chi connectivity index (χ1) is 9.51. The average molecular weight is 290 g/mol. The number of nitrogens with one attached hydrogen (secondary N) is 1. The molecule has 20 heavy (non-hydrogen) atoms. The Morgan fingerprint density at radius 3 is 2.75 bits per heavy atom. The molecule has 0 saturated carbocycles. The third-order valence-electron chi connectivity index (χ3n) is 2.59. The normalized spacial score (nSPS) is 9.85. The number of rotatable bonds is 2. The highest BCUT2D eigenvalue weighted by atomic mass is 35.5. The van der Waals surface area contributed by atoms with Crippen LogP contribution in [-0.4, -0.2) is 5.91 Å². The van der Waals surface area contributed by atoms with Crippen molar-refractivity contribution in [3.8, 4) is 6.07 Å². The summed E-state index contributed by atoms with van der Waals surface area (Å²) < 4.78 is 13.6. The van der Waals surface area contributed by atoms with Crippen molar-refractivity contribution >= 4 is 28.9 Å². The molecule has 1 amide bonds. The fourth-order valence-corrected chi connectivity index (χ4v) is 1.80.